The summed E-state index contributed by atoms with van der Waals surface area (Å²) in [7, 11) is 1.46. The van der Waals surface area contributed by atoms with Crippen LogP contribution in [0.25, 0.3) is 0 Å². The van der Waals surface area contributed by atoms with Gasteiger partial charge in [0, 0.05) is 30.3 Å². The van der Waals surface area contributed by atoms with E-state index in [-0.39, 0.29) is 18.2 Å². The van der Waals surface area contributed by atoms with Gasteiger partial charge < -0.3 is 20.1 Å². The molecule has 1 saturated carbocycles. The van der Waals surface area contributed by atoms with Gasteiger partial charge in [0.05, 0.1) is 38.0 Å². The first-order valence-electron chi connectivity index (χ1n) is 9.91. The maximum absolute atomic E-state index is 12.5. The van der Waals surface area contributed by atoms with Crippen molar-refractivity contribution in [2.45, 2.75) is 50.2 Å². The van der Waals surface area contributed by atoms with Gasteiger partial charge in [0.15, 0.2) is 5.82 Å². The van der Waals surface area contributed by atoms with Crippen LogP contribution in [-0.2, 0) is 11.2 Å². The number of anilines is 1. The number of ether oxygens (including phenoxy) is 1. The lowest BCUT2D eigenvalue weighted by atomic mass is 10.0. The Morgan fingerprint density at radius 3 is 2.72 bits per heavy atom. The zero-order valence-electron chi connectivity index (χ0n) is 17.2. The number of H-pyrrole nitrogens is 1. The van der Waals surface area contributed by atoms with Crippen LogP contribution >= 0.6 is 0 Å². The summed E-state index contributed by atoms with van der Waals surface area (Å²) in [6.45, 7) is -0.589. The number of carboxylic acid groups (broad SMARTS) is 1. The van der Waals surface area contributed by atoms with Gasteiger partial charge in [0.25, 0.3) is 0 Å². The molecule has 32 heavy (non-hydrogen) atoms. The molecule has 13 heteroatoms. The van der Waals surface area contributed by atoms with Crippen molar-refractivity contribution in [2.75, 3.05) is 19.0 Å². The Bertz CT molecular complexity index is 934. The van der Waals surface area contributed by atoms with Gasteiger partial charge in [-0.2, -0.15) is 18.3 Å². The van der Waals surface area contributed by atoms with Crippen LogP contribution in [0.3, 0.4) is 0 Å². The minimum absolute atomic E-state index is 0.0164. The van der Waals surface area contributed by atoms with Gasteiger partial charge in [-0.3, -0.25) is 14.9 Å². The SMILES string of the molecule is COc1cnc(CC(=O)Nc2cc([C@H]3CC[C@@H](N(CCC(F)(F)F)C(=O)O)C3)[nH]n2)cn1. The number of hydrogen-bond donors (Lipinski definition) is 3. The number of alkyl halides is 3. The van der Waals surface area contributed by atoms with Crippen molar-refractivity contribution in [3.05, 3.63) is 29.8 Å². The van der Waals surface area contributed by atoms with Gasteiger partial charge >= 0.3 is 12.3 Å². The molecule has 2 aromatic heterocycles. The summed E-state index contributed by atoms with van der Waals surface area (Å²) in [6.07, 6.45) is -2.72. The van der Waals surface area contributed by atoms with E-state index in [1.807, 2.05) is 0 Å². The number of nitrogens with zero attached hydrogens (tertiary/aromatic N) is 4. The lowest BCUT2D eigenvalue weighted by molar-refractivity contribution is -0.137. The number of aromatic amines is 1. The number of rotatable bonds is 8. The Morgan fingerprint density at radius 1 is 1.31 bits per heavy atom. The van der Waals surface area contributed by atoms with Crippen molar-refractivity contribution < 1.29 is 32.6 Å². The molecule has 2 heterocycles. The highest BCUT2D eigenvalue weighted by Crippen LogP contribution is 2.37. The molecule has 1 aliphatic carbocycles. The first kappa shape index (κ1) is 23.3. The summed E-state index contributed by atoms with van der Waals surface area (Å²) in [5.41, 5.74) is 1.14. The van der Waals surface area contributed by atoms with Crippen molar-refractivity contribution in [1.82, 2.24) is 25.1 Å². The van der Waals surface area contributed by atoms with Crippen LogP contribution in [0.5, 0.6) is 5.88 Å². The second-order valence-corrected chi connectivity index (χ2v) is 7.49. The molecule has 10 nitrogen and oxygen atoms in total. The van der Waals surface area contributed by atoms with Crippen LogP contribution in [0.1, 0.15) is 43.0 Å². The van der Waals surface area contributed by atoms with E-state index < -0.39 is 31.3 Å². The molecular weight excluding hydrogens is 433 g/mol. The van der Waals surface area contributed by atoms with Crippen LogP contribution < -0.4 is 10.1 Å². The average Bonchev–Trinajstić information content (AvgIpc) is 3.37. The van der Waals surface area contributed by atoms with E-state index in [1.165, 1.54) is 19.5 Å². The molecule has 0 spiro atoms. The quantitative estimate of drug-likeness (QED) is 0.556. The standard InChI is InChI=1S/C19H23F3N6O4/c1-32-17-10-23-12(9-24-17)7-16(29)25-15-8-14(26-27-15)11-2-3-13(6-11)28(18(30)31)5-4-19(20,21)22/h8-11,13H,2-7H2,1H3,(H,30,31)(H2,25,26,27,29)/t11-,13+/m0/s1. The molecule has 0 saturated heterocycles. The molecule has 0 aromatic carbocycles. The number of halogens is 3. The highest BCUT2D eigenvalue weighted by Gasteiger charge is 2.36. The molecule has 0 radical (unpaired) electrons. The fraction of sp³-hybridized carbons (Fsp3) is 0.526. The first-order valence-corrected chi connectivity index (χ1v) is 9.91. The molecular formula is C19H23F3N6O4. The molecule has 2 aromatic rings. The monoisotopic (exact) mass is 456 g/mol. The number of nitrogens with one attached hydrogen (secondary N) is 2. The van der Waals surface area contributed by atoms with Crippen LogP contribution in [-0.4, -0.2) is 68.0 Å². The molecule has 2 atom stereocenters. The second-order valence-electron chi connectivity index (χ2n) is 7.49. The summed E-state index contributed by atoms with van der Waals surface area (Å²) >= 11 is 0. The summed E-state index contributed by atoms with van der Waals surface area (Å²) in [6, 6.07) is 1.14. The molecule has 2 amide bonds. The fourth-order valence-electron chi connectivity index (χ4n) is 3.71. The molecule has 0 aliphatic heterocycles. The zero-order chi connectivity index (χ0) is 23.3. The lowest BCUT2D eigenvalue weighted by Crippen LogP contribution is -2.40. The third-order valence-corrected chi connectivity index (χ3v) is 5.27. The minimum Gasteiger partial charge on any atom is -0.480 e. The number of carbonyl (C=O) groups excluding carboxylic acids is 1. The van der Waals surface area contributed by atoms with Gasteiger partial charge in [0.2, 0.25) is 11.8 Å². The van der Waals surface area contributed by atoms with Gasteiger partial charge in [-0.1, -0.05) is 0 Å². The third kappa shape index (κ3) is 6.31. The van der Waals surface area contributed by atoms with Crippen molar-refractivity contribution in [3.63, 3.8) is 0 Å². The second kappa shape index (κ2) is 9.83. The van der Waals surface area contributed by atoms with Crippen molar-refractivity contribution in [2.24, 2.45) is 0 Å². The summed E-state index contributed by atoms with van der Waals surface area (Å²) in [5.74, 6) is 0.178. The summed E-state index contributed by atoms with van der Waals surface area (Å²) in [5, 5.41) is 18.8. The van der Waals surface area contributed by atoms with E-state index in [0.29, 0.717) is 42.3 Å². The topological polar surface area (TPSA) is 133 Å². The Morgan fingerprint density at radius 2 is 2.09 bits per heavy atom. The van der Waals surface area contributed by atoms with Crippen LogP contribution in [0.15, 0.2) is 18.5 Å². The van der Waals surface area contributed by atoms with E-state index in [0.717, 1.165) is 4.90 Å². The van der Waals surface area contributed by atoms with E-state index in [2.05, 4.69) is 25.5 Å². The molecule has 3 N–H and O–H groups in total. The van der Waals surface area contributed by atoms with Crippen molar-refractivity contribution in [3.8, 4) is 5.88 Å². The highest BCUT2D eigenvalue weighted by molar-refractivity contribution is 5.91. The van der Waals surface area contributed by atoms with Gasteiger partial charge in [-0.25, -0.2) is 9.78 Å². The predicted molar refractivity (Wildman–Crippen MR) is 105 cm³/mol. The lowest BCUT2D eigenvalue weighted by Gasteiger charge is -2.26. The number of amides is 2. The molecule has 1 fully saturated rings. The number of aromatic nitrogens is 4. The smallest absolute Gasteiger partial charge is 0.407 e. The summed E-state index contributed by atoms with van der Waals surface area (Å²) in [4.78, 5) is 32.6. The molecule has 0 bridgehead atoms. The Labute approximate surface area is 181 Å². The Kier molecular flexibility index (Phi) is 7.15. The molecule has 3 rings (SSSR count). The average molecular weight is 456 g/mol. The number of methoxy groups -OCH3 is 1. The first-order chi connectivity index (χ1) is 15.1. The van der Waals surface area contributed by atoms with Crippen LogP contribution in [0.2, 0.25) is 0 Å². The zero-order valence-corrected chi connectivity index (χ0v) is 17.2. The summed E-state index contributed by atoms with van der Waals surface area (Å²) < 4.78 is 42.4. The highest BCUT2D eigenvalue weighted by atomic mass is 19.4. The van der Waals surface area contributed by atoms with Crippen molar-refractivity contribution >= 4 is 17.8 Å². The van der Waals surface area contributed by atoms with E-state index in [4.69, 9.17) is 4.74 Å². The van der Waals surface area contributed by atoms with Gasteiger partial charge in [-0.05, 0) is 19.3 Å². The number of hydrogen-bond acceptors (Lipinski definition) is 6. The maximum Gasteiger partial charge on any atom is 0.407 e. The van der Waals surface area contributed by atoms with Crippen LogP contribution in [0.4, 0.5) is 23.8 Å². The minimum atomic E-state index is -4.42. The van der Waals surface area contributed by atoms with Crippen LogP contribution in [0, 0.1) is 0 Å². The predicted octanol–water partition coefficient (Wildman–Crippen LogP) is 2.96. The van der Waals surface area contributed by atoms with Gasteiger partial charge in [0.1, 0.15) is 0 Å². The number of carbonyl (C=O) groups is 2. The van der Waals surface area contributed by atoms with Crippen molar-refractivity contribution in [1.29, 1.82) is 0 Å². The third-order valence-electron chi connectivity index (χ3n) is 5.27. The normalized spacial score (nSPS) is 18.4. The Hall–Kier alpha value is -3.38. The van der Waals surface area contributed by atoms with E-state index in [1.54, 1.807) is 6.07 Å². The largest absolute Gasteiger partial charge is 0.480 e. The molecule has 1 aliphatic rings. The van der Waals surface area contributed by atoms with E-state index in [9.17, 15) is 27.9 Å². The maximum atomic E-state index is 12.5. The Balaban J connectivity index is 1.54. The molecule has 0 unspecified atom stereocenters. The van der Waals surface area contributed by atoms with Gasteiger partial charge in [-0.15, -0.1) is 0 Å². The molecule has 174 valence electrons. The van der Waals surface area contributed by atoms with E-state index >= 15 is 0 Å². The fourth-order valence-corrected chi connectivity index (χ4v) is 3.71.